The second-order valence-electron chi connectivity index (χ2n) is 7.75. The number of oxazole rings is 1. The molecule has 3 rings (SSSR count). The molecule has 0 amide bonds. The highest BCUT2D eigenvalue weighted by atomic mass is 35.5. The first-order valence-corrected chi connectivity index (χ1v) is 9.94. The van der Waals surface area contributed by atoms with E-state index < -0.39 is 15.1 Å². The Kier molecular flexibility index (Phi) is 4.21. The molecule has 1 saturated carbocycles. The molecule has 2 aromatic rings. The van der Waals surface area contributed by atoms with Crippen LogP contribution < -0.4 is 0 Å². The van der Waals surface area contributed by atoms with Gasteiger partial charge in [-0.05, 0) is 39.1 Å². The highest BCUT2D eigenvalue weighted by molar-refractivity contribution is 7.92. The summed E-state index contributed by atoms with van der Waals surface area (Å²) in [5.41, 5.74) is 0.506. The zero-order valence-electron chi connectivity index (χ0n) is 14.6. The lowest BCUT2D eigenvalue weighted by molar-refractivity contribution is 0.196. The smallest absolute Gasteiger partial charge is 0.200 e. The number of hydrogen-bond acceptors (Lipinski definition) is 5. The molecule has 1 aromatic carbocycles. The third kappa shape index (κ3) is 2.85. The number of rotatable bonds is 3. The molecule has 5 nitrogen and oxygen atoms in total. The van der Waals surface area contributed by atoms with Gasteiger partial charge in [0.1, 0.15) is 10.4 Å². The number of hydrogen-bond donors (Lipinski definition) is 0. The van der Waals surface area contributed by atoms with Crippen LogP contribution in [0.5, 0.6) is 0 Å². The summed E-state index contributed by atoms with van der Waals surface area (Å²) < 4.78 is 32.0. The molecule has 0 saturated heterocycles. The number of fused-ring (bicyclic) bond motifs is 1. The summed E-state index contributed by atoms with van der Waals surface area (Å²) in [4.78, 5) is 6.59. The van der Waals surface area contributed by atoms with Gasteiger partial charge >= 0.3 is 0 Å². The number of aromatic nitrogens is 1. The van der Waals surface area contributed by atoms with Crippen molar-refractivity contribution in [2.75, 3.05) is 14.1 Å². The summed E-state index contributed by atoms with van der Waals surface area (Å²) >= 11 is 6.26. The lowest BCUT2D eigenvalue weighted by atomic mass is 9.91. The van der Waals surface area contributed by atoms with Crippen LogP contribution in [0.2, 0.25) is 5.02 Å². The fourth-order valence-electron chi connectivity index (χ4n) is 2.91. The van der Waals surface area contributed by atoms with Crippen LogP contribution in [0.3, 0.4) is 0 Å². The van der Waals surface area contributed by atoms with Crippen molar-refractivity contribution < 1.29 is 12.8 Å². The SMILES string of the molecule is CN(C)[C@H]1C[C@H](S(=O)(=O)c2c(Cl)ccc3nc(C(C)(C)C)oc23)C1. The minimum absolute atomic E-state index is 0.0897. The fourth-order valence-corrected chi connectivity index (χ4v) is 5.41. The van der Waals surface area contributed by atoms with Crippen LogP contribution in [0.25, 0.3) is 11.1 Å². The van der Waals surface area contributed by atoms with E-state index in [1.165, 1.54) is 0 Å². The molecule has 0 aliphatic heterocycles. The van der Waals surface area contributed by atoms with Crippen molar-refractivity contribution in [2.24, 2.45) is 0 Å². The van der Waals surface area contributed by atoms with Gasteiger partial charge in [-0.3, -0.25) is 0 Å². The molecular formula is C17H23ClN2O3S. The summed E-state index contributed by atoms with van der Waals surface area (Å²) in [6, 6.07) is 3.59. The van der Waals surface area contributed by atoms with Gasteiger partial charge in [-0.2, -0.15) is 0 Å². The molecule has 0 atom stereocenters. The predicted octanol–water partition coefficient (Wildman–Crippen LogP) is 3.65. The van der Waals surface area contributed by atoms with E-state index in [0.717, 1.165) is 0 Å². The largest absolute Gasteiger partial charge is 0.439 e. The van der Waals surface area contributed by atoms with Crippen molar-refractivity contribution >= 4 is 32.5 Å². The van der Waals surface area contributed by atoms with Gasteiger partial charge in [0.05, 0.1) is 10.3 Å². The molecule has 1 fully saturated rings. The van der Waals surface area contributed by atoms with Gasteiger partial charge in [-0.25, -0.2) is 13.4 Å². The second kappa shape index (κ2) is 5.71. The third-order valence-corrected chi connectivity index (χ3v) is 7.29. The number of halogens is 1. The molecule has 7 heteroatoms. The summed E-state index contributed by atoms with van der Waals surface area (Å²) in [6.07, 6.45) is 1.23. The lowest BCUT2D eigenvalue weighted by Gasteiger charge is -2.39. The third-order valence-electron chi connectivity index (χ3n) is 4.63. The van der Waals surface area contributed by atoms with Gasteiger partial charge < -0.3 is 9.32 Å². The quantitative estimate of drug-likeness (QED) is 0.825. The van der Waals surface area contributed by atoms with Crippen molar-refractivity contribution in [1.82, 2.24) is 9.88 Å². The Morgan fingerprint density at radius 1 is 1.25 bits per heavy atom. The highest BCUT2D eigenvalue weighted by Gasteiger charge is 2.43. The molecule has 24 heavy (non-hydrogen) atoms. The molecule has 0 spiro atoms. The molecule has 132 valence electrons. The van der Waals surface area contributed by atoms with Crippen molar-refractivity contribution in [1.29, 1.82) is 0 Å². The monoisotopic (exact) mass is 370 g/mol. The van der Waals surface area contributed by atoms with Crippen LogP contribution in [-0.2, 0) is 15.3 Å². The van der Waals surface area contributed by atoms with E-state index in [4.69, 9.17) is 16.0 Å². The fraction of sp³-hybridized carbons (Fsp3) is 0.588. The van der Waals surface area contributed by atoms with E-state index >= 15 is 0 Å². The van der Waals surface area contributed by atoms with Crippen LogP contribution in [0.1, 0.15) is 39.5 Å². The average Bonchev–Trinajstić information content (AvgIpc) is 2.78. The minimum Gasteiger partial charge on any atom is -0.439 e. The van der Waals surface area contributed by atoms with Gasteiger partial charge in [0.25, 0.3) is 0 Å². The van der Waals surface area contributed by atoms with Crippen molar-refractivity contribution in [3.8, 4) is 0 Å². The summed E-state index contributed by atoms with van der Waals surface area (Å²) in [5.74, 6) is 0.510. The maximum atomic E-state index is 13.1. The normalized spacial score (nSPS) is 22.1. The van der Waals surface area contributed by atoms with E-state index in [1.54, 1.807) is 12.1 Å². The Morgan fingerprint density at radius 2 is 1.88 bits per heavy atom. The average molecular weight is 371 g/mol. The molecular weight excluding hydrogens is 348 g/mol. The maximum Gasteiger partial charge on any atom is 0.200 e. The van der Waals surface area contributed by atoms with Gasteiger partial charge in [0.15, 0.2) is 15.4 Å². The first-order chi connectivity index (χ1) is 11.0. The highest BCUT2D eigenvalue weighted by Crippen LogP contribution is 2.40. The lowest BCUT2D eigenvalue weighted by Crippen LogP contribution is -2.47. The molecule has 0 bridgehead atoms. The van der Waals surface area contributed by atoms with Crippen molar-refractivity contribution in [3.63, 3.8) is 0 Å². The first-order valence-electron chi connectivity index (χ1n) is 8.01. The van der Waals surface area contributed by atoms with Crippen molar-refractivity contribution in [2.45, 2.75) is 55.2 Å². The topological polar surface area (TPSA) is 63.4 Å². The molecule has 0 radical (unpaired) electrons. The maximum absolute atomic E-state index is 13.1. The number of benzene rings is 1. The van der Waals surface area contributed by atoms with E-state index in [2.05, 4.69) is 9.88 Å². The Hall–Kier alpha value is -1.11. The molecule has 1 aliphatic carbocycles. The van der Waals surface area contributed by atoms with Gasteiger partial charge in [0, 0.05) is 11.5 Å². The van der Waals surface area contributed by atoms with E-state index in [1.807, 2.05) is 34.9 Å². The first kappa shape index (κ1) is 17.7. The molecule has 0 unspecified atom stereocenters. The van der Waals surface area contributed by atoms with E-state index in [9.17, 15) is 8.42 Å². The Bertz CT molecular complexity index is 875. The molecule has 0 N–H and O–H groups in total. The van der Waals surface area contributed by atoms with Crippen LogP contribution in [0.4, 0.5) is 0 Å². The van der Waals surface area contributed by atoms with Gasteiger partial charge in [0.2, 0.25) is 5.89 Å². The van der Waals surface area contributed by atoms with Crippen LogP contribution in [0, 0.1) is 0 Å². The van der Waals surface area contributed by atoms with Crippen molar-refractivity contribution in [3.05, 3.63) is 23.0 Å². The van der Waals surface area contributed by atoms with E-state index in [-0.39, 0.29) is 20.9 Å². The Labute approximate surface area is 147 Å². The molecule has 1 aromatic heterocycles. The number of nitrogens with zero attached hydrogens (tertiary/aromatic N) is 2. The Balaban J connectivity index is 2.09. The standard InChI is InChI=1S/C17H23ClN2O3S/c1-17(2,3)16-19-13-7-6-12(18)15(14(13)23-16)24(21,22)11-8-10(9-11)20(4)5/h6-7,10-11H,8-9H2,1-5H3/t10-,11-. The van der Waals surface area contributed by atoms with Gasteiger partial charge in [-0.15, -0.1) is 0 Å². The summed E-state index contributed by atoms with van der Waals surface area (Å²) in [6.45, 7) is 5.92. The predicted molar refractivity (Wildman–Crippen MR) is 95.4 cm³/mol. The molecule has 1 heterocycles. The Morgan fingerprint density at radius 3 is 2.42 bits per heavy atom. The van der Waals surface area contributed by atoms with Crippen LogP contribution in [-0.4, -0.2) is 43.7 Å². The second-order valence-corrected chi connectivity index (χ2v) is 10.3. The minimum atomic E-state index is -3.55. The van der Waals surface area contributed by atoms with E-state index in [0.29, 0.717) is 30.3 Å². The van der Waals surface area contributed by atoms with Crippen LogP contribution in [0.15, 0.2) is 21.4 Å². The zero-order valence-corrected chi connectivity index (χ0v) is 16.2. The van der Waals surface area contributed by atoms with Crippen LogP contribution >= 0.6 is 11.6 Å². The molecule has 1 aliphatic rings. The summed E-state index contributed by atoms with van der Waals surface area (Å²) in [5, 5.41) is -0.219. The summed E-state index contributed by atoms with van der Waals surface area (Å²) in [7, 11) is 0.381. The zero-order chi connectivity index (χ0) is 17.9. The van der Waals surface area contributed by atoms with Gasteiger partial charge in [-0.1, -0.05) is 32.4 Å². The number of sulfone groups is 1.